The Morgan fingerprint density at radius 1 is 1.45 bits per heavy atom. The third kappa shape index (κ3) is 4.21. The van der Waals surface area contributed by atoms with Crippen LogP contribution in [0, 0.1) is 21.4 Å². The summed E-state index contributed by atoms with van der Waals surface area (Å²) in [5.74, 6) is 0. The van der Waals surface area contributed by atoms with Crippen molar-refractivity contribution >= 4 is 11.4 Å². The predicted molar refractivity (Wildman–Crippen MR) is 78.7 cm³/mol. The van der Waals surface area contributed by atoms with Crippen LogP contribution in [0.1, 0.15) is 26.3 Å². The molecule has 0 aliphatic heterocycles. The summed E-state index contributed by atoms with van der Waals surface area (Å²) in [6.45, 7) is 8.79. The van der Waals surface area contributed by atoms with Crippen LogP contribution in [0.25, 0.3) is 0 Å². The molecule has 1 aromatic carbocycles. The molecule has 1 unspecified atom stereocenters. The second-order valence-electron chi connectivity index (χ2n) is 4.63. The van der Waals surface area contributed by atoms with E-state index in [1.165, 1.54) is 18.2 Å². The lowest BCUT2D eigenvalue weighted by Gasteiger charge is -2.24. The smallest absolute Gasteiger partial charge is 0.292 e. The number of benzene rings is 1. The van der Waals surface area contributed by atoms with E-state index in [2.05, 4.69) is 24.1 Å². The number of hydrogen-bond donors (Lipinski definition) is 1. The zero-order chi connectivity index (χ0) is 15.1. The molecular weight excluding hydrogens is 256 g/mol. The molecule has 1 N–H and O–H groups in total. The zero-order valence-corrected chi connectivity index (χ0v) is 12.1. The van der Waals surface area contributed by atoms with Crippen LogP contribution >= 0.6 is 0 Å². The van der Waals surface area contributed by atoms with Gasteiger partial charge in [-0.1, -0.05) is 13.8 Å². The number of nitriles is 1. The van der Waals surface area contributed by atoms with Crippen LogP contribution in [-0.2, 0) is 0 Å². The van der Waals surface area contributed by atoms with Crippen LogP contribution in [0.5, 0.6) is 0 Å². The van der Waals surface area contributed by atoms with Crippen LogP contribution < -0.4 is 5.32 Å². The van der Waals surface area contributed by atoms with Gasteiger partial charge in [0.15, 0.2) is 0 Å². The van der Waals surface area contributed by atoms with Gasteiger partial charge < -0.3 is 10.2 Å². The Balaban J connectivity index is 2.89. The van der Waals surface area contributed by atoms with E-state index < -0.39 is 4.92 Å². The van der Waals surface area contributed by atoms with E-state index >= 15 is 0 Å². The Bertz CT molecular complexity index is 506. The molecule has 0 amide bonds. The molecule has 0 saturated carbocycles. The molecule has 0 aromatic heterocycles. The molecule has 20 heavy (non-hydrogen) atoms. The first-order valence-corrected chi connectivity index (χ1v) is 6.69. The molecule has 0 saturated heterocycles. The van der Waals surface area contributed by atoms with E-state index in [-0.39, 0.29) is 11.7 Å². The number of nitrogens with zero attached hydrogens (tertiary/aromatic N) is 3. The van der Waals surface area contributed by atoms with Crippen LogP contribution in [-0.4, -0.2) is 35.5 Å². The maximum Gasteiger partial charge on any atom is 0.292 e. The number of nitrogens with one attached hydrogen (secondary N) is 1. The van der Waals surface area contributed by atoms with E-state index in [1.807, 2.05) is 13.0 Å². The van der Waals surface area contributed by atoms with Crippen molar-refractivity contribution in [2.75, 3.05) is 25.0 Å². The lowest BCUT2D eigenvalue weighted by Crippen LogP contribution is -2.34. The molecular formula is C14H20N4O2. The first-order valence-electron chi connectivity index (χ1n) is 6.69. The highest BCUT2D eigenvalue weighted by Gasteiger charge is 2.16. The van der Waals surface area contributed by atoms with Crippen LogP contribution in [0.2, 0.25) is 0 Å². The molecule has 0 radical (unpaired) electrons. The van der Waals surface area contributed by atoms with Crippen molar-refractivity contribution in [2.24, 2.45) is 0 Å². The van der Waals surface area contributed by atoms with Gasteiger partial charge in [-0.2, -0.15) is 5.26 Å². The fourth-order valence-electron chi connectivity index (χ4n) is 2.06. The van der Waals surface area contributed by atoms with E-state index in [0.29, 0.717) is 11.3 Å². The Morgan fingerprint density at radius 3 is 2.60 bits per heavy atom. The Kier molecular flexibility index (Phi) is 5.94. The largest absolute Gasteiger partial charge is 0.376 e. The first kappa shape index (κ1) is 15.9. The minimum atomic E-state index is -0.437. The summed E-state index contributed by atoms with van der Waals surface area (Å²) in [5.41, 5.74) is 0.803. The predicted octanol–water partition coefficient (Wildman–Crippen LogP) is 2.61. The average Bonchev–Trinajstić information content (AvgIpc) is 2.44. The first-order chi connectivity index (χ1) is 9.51. The molecule has 1 aromatic rings. The van der Waals surface area contributed by atoms with Crippen molar-refractivity contribution in [2.45, 2.75) is 26.8 Å². The number of nitro groups is 1. The second kappa shape index (κ2) is 7.46. The molecule has 6 heteroatoms. The number of likely N-dealkylation sites (N-methyl/N-ethyl adjacent to an activating group) is 1. The van der Waals surface area contributed by atoms with Gasteiger partial charge in [0.25, 0.3) is 5.69 Å². The monoisotopic (exact) mass is 276 g/mol. The van der Waals surface area contributed by atoms with E-state index in [0.717, 1.165) is 19.6 Å². The van der Waals surface area contributed by atoms with Crippen molar-refractivity contribution in [3.05, 3.63) is 33.9 Å². The summed E-state index contributed by atoms with van der Waals surface area (Å²) in [7, 11) is 0. The summed E-state index contributed by atoms with van der Waals surface area (Å²) in [4.78, 5) is 12.8. The molecule has 0 aliphatic carbocycles. The van der Waals surface area contributed by atoms with Gasteiger partial charge in [0.05, 0.1) is 16.6 Å². The van der Waals surface area contributed by atoms with Gasteiger partial charge in [-0.15, -0.1) is 0 Å². The number of nitro benzene ring substituents is 1. The number of anilines is 1. The summed E-state index contributed by atoms with van der Waals surface area (Å²) in [5, 5.41) is 23.0. The van der Waals surface area contributed by atoms with Gasteiger partial charge >= 0.3 is 0 Å². The maximum atomic E-state index is 11.0. The topological polar surface area (TPSA) is 82.2 Å². The van der Waals surface area contributed by atoms with Gasteiger partial charge in [-0.05, 0) is 32.1 Å². The highest BCUT2D eigenvalue weighted by molar-refractivity contribution is 5.64. The van der Waals surface area contributed by atoms with Crippen molar-refractivity contribution in [1.29, 1.82) is 5.26 Å². The molecule has 6 nitrogen and oxygen atoms in total. The summed E-state index contributed by atoms with van der Waals surface area (Å²) in [6.07, 6.45) is 0. The van der Waals surface area contributed by atoms with Crippen LogP contribution in [0.15, 0.2) is 18.2 Å². The Morgan fingerprint density at radius 2 is 2.10 bits per heavy atom. The summed E-state index contributed by atoms with van der Waals surface area (Å²) >= 11 is 0. The molecule has 0 bridgehead atoms. The van der Waals surface area contributed by atoms with E-state index in [1.54, 1.807) is 0 Å². The lowest BCUT2D eigenvalue weighted by molar-refractivity contribution is -0.384. The molecule has 0 fully saturated rings. The van der Waals surface area contributed by atoms with Crippen molar-refractivity contribution in [3.8, 4) is 6.07 Å². The number of hydrogen-bond acceptors (Lipinski definition) is 5. The van der Waals surface area contributed by atoms with Crippen molar-refractivity contribution in [1.82, 2.24) is 4.90 Å². The zero-order valence-electron chi connectivity index (χ0n) is 12.1. The SMILES string of the molecule is CCN(CC)CC(C)Nc1cc(C#N)ccc1[N+](=O)[O-]. The molecule has 0 heterocycles. The minimum Gasteiger partial charge on any atom is -0.376 e. The van der Waals surface area contributed by atoms with Gasteiger partial charge in [0, 0.05) is 18.7 Å². The normalized spacial score (nSPS) is 11.9. The fraction of sp³-hybridized carbons (Fsp3) is 0.500. The highest BCUT2D eigenvalue weighted by atomic mass is 16.6. The molecule has 0 spiro atoms. The fourth-order valence-corrected chi connectivity index (χ4v) is 2.06. The van der Waals surface area contributed by atoms with Gasteiger partial charge in [-0.25, -0.2) is 0 Å². The maximum absolute atomic E-state index is 11.0. The van der Waals surface area contributed by atoms with Crippen molar-refractivity contribution < 1.29 is 4.92 Å². The standard InChI is InChI=1S/C14H20N4O2/c1-4-17(5-2)10-11(3)16-13-8-12(9-15)6-7-14(13)18(19)20/h6-8,11,16H,4-5,10H2,1-3H3. The lowest BCUT2D eigenvalue weighted by atomic mass is 10.1. The van der Waals surface area contributed by atoms with Crippen LogP contribution in [0.3, 0.4) is 0 Å². The number of rotatable bonds is 7. The van der Waals surface area contributed by atoms with Gasteiger partial charge in [-0.3, -0.25) is 10.1 Å². The third-order valence-electron chi connectivity index (χ3n) is 3.15. The highest BCUT2D eigenvalue weighted by Crippen LogP contribution is 2.26. The van der Waals surface area contributed by atoms with E-state index in [4.69, 9.17) is 5.26 Å². The second-order valence-corrected chi connectivity index (χ2v) is 4.63. The van der Waals surface area contributed by atoms with E-state index in [9.17, 15) is 10.1 Å². The third-order valence-corrected chi connectivity index (χ3v) is 3.15. The summed E-state index contributed by atoms with van der Waals surface area (Å²) in [6, 6.07) is 6.40. The van der Waals surface area contributed by atoms with Crippen LogP contribution in [0.4, 0.5) is 11.4 Å². The van der Waals surface area contributed by atoms with Gasteiger partial charge in [0.2, 0.25) is 0 Å². The molecule has 1 atom stereocenters. The quantitative estimate of drug-likeness (QED) is 0.611. The molecule has 108 valence electrons. The van der Waals surface area contributed by atoms with Crippen molar-refractivity contribution in [3.63, 3.8) is 0 Å². The average molecular weight is 276 g/mol. The minimum absolute atomic E-state index is 0.00426. The van der Waals surface area contributed by atoms with Gasteiger partial charge in [0.1, 0.15) is 5.69 Å². The molecule has 0 aliphatic rings. The summed E-state index contributed by atoms with van der Waals surface area (Å²) < 4.78 is 0. The molecule has 1 rings (SSSR count). The Labute approximate surface area is 119 Å². The Hall–Kier alpha value is -2.13.